The highest BCUT2D eigenvalue weighted by Gasteiger charge is 2.30. The van der Waals surface area contributed by atoms with Gasteiger partial charge >= 0.3 is 0 Å². The van der Waals surface area contributed by atoms with E-state index in [4.69, 9.17) is 4.74 Å². The molecular formula is C20H26N2O4S2. The van der Waals surface area contributed by atoms with Crippen LogP contribution >= 0.6 is 11.3 Å². The summed E-state index contributed by atoms with van der Waals surface area (Å²) in [7, 11) is -0.258. The van der Waals surface area contributed by atoms with Crippen molar-refractivity contribution in [2.75, 3.05) is 27.2 Å². The smallest absolute Gasteiger partial charge is 0.252 e. The Hall–Kier alpha value is -1.90. The first-order valence-corrected chi connectivity index (χ1v) is 11.7. The zero-order valence-electron chi connectivity index (χ0n) is 16.2. The van der Waals surface area contributed by atoms with E-state index in [-0.39, 0.29) is 11.9 Å². The molecule has 0 N–H and O–H groups in total. The Kier molecular flexibility index (Phi) is 6.74. The van der Waals surface area contributed by atoms with Gasteiger partial charge in [0, 0.05) is 26.6 Å². The van der Waals surface area contributed by atoms with Gasteiger partial charge in [-0.05, 0) is 48.4 Å². The van der Waals surface area contributed by atoms with Crippen LogP contribution in [0.5, 0.6) is 5.75 Å². The molecule has 2 heterocycles. The maximum Gasteiger partial charge on any atom is 0.252 e. The minimum atomic E-state index is -3.46. The highest BCUT2D eigenvalue weighted by molar-refractivity contribution is 7.91. The third-order valence-electron chi connectivity index (χ3n) is 5.10. The Bertz CT molecular complexity index is 879. The summed E-state index contributed by atoms with van der Waals surface area (Å²) in [4.78, 5) is 14.7. The maximum absolute atomic E-state index is 12.7. The van der Waals surface area contributed by atoms with Crippen molar-refractivity contribution in [2.24, 2.45) is 0 Å². The third-order valence-corrected chi connectivity index (χ3v) is 8.33. The number of benzene rings is 1. The maximum atomic E-state index is 12.7. The summed E-state index contributed by atoms with van der Waals surface area (Å²) in [5.41, 5.74) is 1.11. The van der Waals surface area contributed by atoms with Gasteiger partial charge in [-0.25, -0.2) is 12.7 Å². The van der Waals surface area contributed by atoms with E-state index in [0.717, 1.165) is 30.7 Å². The van der Waals surface area contributed by atoms with Crippen molar-refractivity contribution in [1.82, 2.24) is 9.21 Å². The van der Waals surface area contributed by atoms with Gasteiger partial charge in [-0.2, -0.15) is 0 Å². The quantitative estimate of drug-likeness (QED) is 0.653. The molecule has 1 atom stereocenters. The number of sulfonamides is 1. The second-order valence-electron chi connectivity index (χ2n) is 6.88. The molecule has 0 radical (unpaired) electrons. The van der Waals surface area contributed by atoms with Crippen LogP contribution in [0.1, 0.15) is 37.3 Å². The van der Waals surface area contributed by atoms with Gasteiger partial charge in [0.05, 0.1) is 13.2 Å². The monoisotopic (exact) mass is 422 g/mol. The van der Waals surface area contributed by atoms with Crippen LogP contribution in [0.3, 0.4) is 0 Å². The van der Waals surface area contributed by atoms with E-state index in [2.05, 4.69) is 0 Å². The molecule has 1 saturated heterocycles. The molecule has 1 aromatic carbocycles. The lowest BCUT2D eigenvalue weighted by Gasteiger charge is -2.25. The first-order chi connectivity index (χ1) is 13.4. The van der Waals surface area contributed by atoms with E-state index in [1.165, 1.54) is 15.6 Å². The molecule has 2 aromatic rings. The van der Waals surface area contributed by atoms with E-state index in [0.29, 0.717) is 23.6 Å². The Labute approximate surface area is 170 Å². The fraction of sp³-hybridized carbons (Fsp3) is 0.450. The summed E-state index contributed by atoms with van der Waals surface area (Å²) in [6.07, 6.45) is 2.78. The van der Waals surface area contributed by atoms with Gasteiger partial charge in [0.25, 0.3) is 10.0 Å². The molecule has 0 aliphatic carbocycles. The second-order valence-corrected chi connectivity index (χ2v) is 10.1. The van der Waals surface area contributed by atoms with Crippen LogP contribution in [0.2, 0.25) is 0 Å². The highest BCUT2D eigenvalue weighted by atomic mass is 32.2. The first-order valence-electron chi connectivity index (χ1n) is 9.37. The lowest BCUT2D eigenvalue weighted by Crippen LogP contribution is -2.32. The van der Waals surface area contributed by atoms with E-state index in [1.54, 1.807) is 31.7 Å². The van der Waals surface area contributed by atoms with Crippen molar-refractivity contribution in [3.05, 3.63) is 47.3 Å². The number of rotatable bonds is 8. The van der Waals surface area contributed by atoms with Crippen LogP contribution in [-0.4, -0.2) is 50.8 Å². The number of amides is 1. The Balaban J connectivity index is 1.55. The first kappa shape index (κ1) is 20.8. The van der Waals surface area contributed by atoms with Crippen molar-refractivity contribution >= 4 is 27.3 Å². The lowest BCUT2D eigenvalue weighted by atomic mass is 10.0. The number of hydrogen-bond acceptors (Lipinski definition) is 5. The van der Waals surface area contributed by atoms with E-state index >= 15 is 0 Å². The Morgan fingerprint density at radius 2 is 2.04 bits per heavy atom. The molecular weight excluding hydrogens is 396 g/mol. The van der Waals surface area contributed by atoms with Gasteiger partial charge in [0.15, 0.2) is 0 Å². The molecule has 0 spiro atoms. The standard InChI is InChI=1S/C20H26N2O4S2/c1-21(28(24,25)20-8-5-15-27-20)13-4-7-19(23)22-14-3-6-18(22)16-9-11-17(26-2)12-10-16/h5,8-12,15,18H,3-4,6-7,13-14H2,1-2H3/t18-/m0/s1. The van der Waals surface area contributed by atoms with Crippen molar-refractivity contribution < 1.29 is 17.9 Å². The highest BCUT2D eigenvalue weighted by Crippen LogP contribution is 2.33. The van der Waals surface area contributed by atoms with Crippen molar-refractivity contribution in [2.45, 2.75) is 35.9 Å². The van der Waals surface area contributed by atoms with Crippen LogP contribution in [-0.2, 0) is 14.8 Å². The molecule has 152 valence electrons. The molecule has 3 rings (SSSR count). The van der Waals surface area contributed by atoms with Gasteiger partial charge in [-0.1, -0.05) is 18.2 Å². The number of hydrogen-bond donors (Lipinski definition) is 0. The number of likely N-dealkylation sites (tertiary alicyclic amines) is 1. The lowest BCUT2D eigenvalue weighted by molar-refractivity contribution is -0.132. The molecule has 0 bridgehead atoms. The molecule has 1 aromatic heterocycles. The number of nitrogens with zero attached hydrogens (tertiary/aromatic N) is 2. The molecule has 28 heavy (non-hydrogen) atoms. The number of ether oxygens (including phenoxy) is 1. The van der Waals surface area contributed by atoms with Crippen molar-refractivity contribution in [1.29, 1.82) is 0 Å². The van der Waals surface area contributed by atoms with Gasteiger partial charge < -0.3 is 9.64 Å². The minimum absolute atomic E-state index is 0.0836. The average Bonchev–Trinajstić information content (AvgIpc) is 3.40. The van der Waals surface area contributed by atoms with Gasteiger partial charge in [-0.15, -0.1) is 11.3 Å². The Morgan fingerprint density at radius 1 is 1.29 bits per heavy atom. The van der Waals surface area contributed by atoms with Crippen LogP contribution in [0, 0.1) is 0 Å². The summed E-state index contributed by atoms with van der Waals surface area (Å²) in [6.45, 7) is 1.08. The van der Waals surface area contributed by atoms with E-state index < -0.39 is 10.0 Å². The predicted molar refractivity (Wildman–Crippen MR) is 110 cm³/mol. The second kappa shape index (κ2) is 9.07. The summed E-state index contributed by atoms with van der Waals surface area (Å²) in [5.74, 6) is 0.884. The summed E-state index contributed by atoms with van der Waals surface area (Å²) in [5, 5.41) is 1.75. The largest absolute Gasteiger partial charge is 0.497 e. The Morgan fingerprint density at radius 3 is 2.68 bits per heavy atom. The minimum Gasteiger partial charge on any atom is -0.497 e. The number of methoxy groups -OCH3 is 1. The molecule has 8 heteroatoms. The zero-order valence-corrected chi connectivity index (χ0v) is 17.8. The molecule has 6 nitrogen and oxygen atoms in total. The predicted octanol–water partition coefficient (Wildman–Crippen LogP) is 3.52. The molecule has 1 aliphatic rings. The van der Waals surface area contributed by atoms with Crippen molar-refractivity contribution in [3.8, 4) is 5.75 Å². The van der Waals surface area contributed by atoms with E-state index in [1.807, 2.05) is 29.2 Å². The van der Waals surface area contributed by atoms with Gasteiger partial charge in [0.2, 0.25) is 5.91 Å². The zero-order chi connectivity index (χ0) is 20.1. The molecule has 1 fully saturated rings. The summed E-state index contributed by atoms with van der Waals surface area (Å²) < 4.78 is 31.8. The number of thiophene rings is 1. The number of carbonyl (C=O) groups is 1. The fourth-order valence-electron chi connectivity index (χ4n) is 3.52. The molecule has 1 amide bonds. The van der Waals surface area contributed by atoms with Crippen LogP contribution in [0.15, 0.2) is 46.0 Å². The van der Waals surface area contributed by atoms with Crippen molar-refractivity contribution in [3.63, 3.8) is 0 Å². The topological polar surface area (TPSA) is 66.9 Å². The normalized spacial score (nSPS) is 17.2. The molecule has 1 aliphatic heterocycles. The third kappa shape index (κ3) is 4.56. The van der Waals surface area contributed by atoms with Gasteiger partial charge in [-0.3, -0.25) is 4.79 Å². The van der Waals surface area contributed by atoms with Crippen LogP contribution in [0.25, 0.3) is 0 Å². The molecule has 0 saturated carbocycles. The average molecular weight is 423 g/mol. The summed E-state index contributed by atoms with van der Waals surface area (Å²) >= 11 is 1.21. The SMILES string of the molecule is COc1ccc([C@@H]2CCCN2C(=O)CCCN(C)S(=O)(=O)c2cccs2)cc1. The van der Waals surface area contributed by atoms with Crippen LogP contribution in [0.4, 0.5) is 0 Å². The summed E-state index contributed by atoms with van der Waals surface area (Å²) in [6, 6.07) is 11.3. The molecule has 0 unspecified atom stereocenters. The number of carbonyl (C=O) groups excluding carboxylic acids is 1. The van der Waals surface area contributed by atoms with Gasteiger partial charge in [0.1, 0.15) is 9.96 Å². The van der Waals surface area contributed by atoms with E-state index in [9.17, 15) is 13.2 Å². The fourth-order valence-corrected chi connectivity index (χ4v) is 5.93. The van der Waals surface area contributed by atoms with Crippen LogP contribution < -0.4 is 4.74 Å².